The van der Waals surface area contributed by atoms with E-state index < -0.39 is 0 Å². The van der Waals surface area contributed by atoms with Crippen molar-refractivity contribution < 1.29 is 9.53 Å². The number of methoxy groups -OCH3 is 1. The van der Waals surface area contributed by atoms with Gasteiger partial charge in [-0.3, -0.25) is 0 Å². The molecule has 5 heteroatoms. The van der Waals surface area contributed by atoms with Gasteiger partial charge in [0.1, 0.15) is 0 Å². The largest absolute Gasteiger partial charge is 0.465 e. The number of esters is 1. The highest BCUT2D eigenvalue weighted by Crippen LogP contribution is 2.25. The zero-order valence-electron chi connectivity index (χ0n) is 10.2. The van der Waals surface area contributed by atoms with Crippen molar-refractivity contribution in [3.8, 4) is 0 Å². The second-order valence-electron chi connectivity index (χ2n) is 3.69. The van der Waals surface area contributed by atoms with Gasteiger partial charge in [-0.2, -0.15) is 5.11 Å². The van der Waals surface area contributed by atoms with Crippen LogP contribution in [0.15, 0.2) is 58.8 Å². The Balaban J connectivity index is 2.22. The summed E-state index contributed by atoms with van der Waals surface area (Å²) in [5.74, 6) is -0.357. The van der Waals surface area contributed by atoms with E-state index in [0.717, 1.165) is 14.9 Å². The Morgan fingerprint density at radius 3 is 2.47 bits per heavy atom. The van der Waals surface area contributed by atoms with Crippen molar-refractivity contribution in [1.82, 2.24) is 0 Å². The molecule has 0 fully saturated rings. The molecule has 96 valence electrons. The number of rotatable bonds is 3. The number of carbonyl (C=O) groups is 1. The third-order valence-corrected chi connectivity index (χ3v) is 3.26. The van der Waals surface area contributed by atoms with Crippen LogP contribution >= 0.6 is 22.6 Å². The summed E-state index contributed by atoms with van der Waals surface area (Å²) in [6.45, 7) is 0. The molecule has 0 aliphatic carbocycles. The van der Waals surface area contributed by atoms with E-state index in [1.54, 1.807) is 18.2 Å². The molecule has 0 saturated carbocycles. The topological polar surface area (TPSA) is 51.0 Å². The third kappa shape index (κ3) is 3.60. The molecule has 19 heavy (non-hydrogen) atoms. The van der Waals surface area contributed by atoms with E-state index >= 15 is 0 Å². The van der Waals surface area contributed by atoms with Crippen molar-refractivity contribution in [3.63, 3.8) is 0 Å². The Labute approximate surface area is 124 Å². The van der Waals surface area contributed by atoms with Gasteiger partial charge in [0, 0.05) is 3.57 Å². The molecule has 2 rings (SSSR count). The van der Waals surface area contributed by atoms with E-state index in [1.165, 1.54) is 7.11 Å². The number of halogens is 1. The average molecular weight is 366 g/mol. The molecule has 0 amide bonds. The lowest BCUT2D eigenvalue weighted by molar-refractivity contribution is 0.0600. The molecular weight excluding hydrogens is 355 g/mol. The summed E-state index contributed by atoms with van der Waals surface area (Å²) in [7, 11) is 1.36. The molecule has 0 radical (unpaired) electrons. The van der Waals surface area contributed by atoms with Crippen LogP contribution in [0.4, 0.5) is 11.4 Å². The molecule has 0 spiro atoms. The van der Waals surface area contributed by atoms with E-state index in [2.05, 4.69) is 37.6 Å². The fourth-order valence-corrected chi connectivity index (χ4v) is 2.06. The van der Waals surface area contributed by atoms with Crippen LogP contribution in [0.1, 0.15) is 10.4 Å². The molecule has 0 heterocycles. The van der Waals surface area contributed by atoms with Crippen LogP contribution in [-0.4, -0.2) is 13.1 Å². The van der Waals surface area contributed by atoms with Gasteiger partial charge in [-0.1, -0.05) is 18.2 Å². The molecule has 4 nitrogen and oxygen atoms in total. The fraction of sp³-hybridized carbons (Fsp3) is 0.0714. The Kier molecular flexibility index (Phi) is 4.62. The zero-order valence-corrected chi connectivity index (χ0v) is 12.4. The van der Waals surface area contributed by atoms with Crippen LogP contribution in [-0.2, 0) is 4.74 Å². The number of hydrogen-bond acceptors (Lipinski definition) is 4. The average Bonchev–Trinajstić information content (AvgIpc) is 2.46. The summed E-state index contributed by atoms with van der Waals surface area (Å²) in [5.41, 5.74) is 2.01. The maximum Gasteiger partial charge on any atom is 0.337 e. The smallest absolute Gasteiger partial charge is 0.337 e. The van der Waals surface area contributed by atoms with Crippen LogP contribution < -0.4 is 0 Å². The SMILES string of the molecule is COC(=O)c1ccc(N=Nc2ccccc2)c(I)c1. The van der Waals surface area contributed by atoms with Crippen LogP contribution in [0.3, 0.4) is 0 Å². The summed E-state index contributed by atoms with van der Waals surface area (Å²) < 4.78 is 5.51. The van der Waals surface area contributed by atoms with Crippen molar-refractivity contribution in [2.45, 2.75) is 0 Å². The molecule has 2 aromatic carbocycles. The van der Waals surface area contributed by atoms with E-state index in [0.29, 0.717) is 5.56 Å². The van der Waals surface area contributed by atoms with Gasteiger partial charge in [0.05, 0.1) is 24.0 Å². The molecule has 0 aliphatic rings. The lowest BCUT2D eigenvalue weighted by atomic mass is 10.2. The van der Waals surface area contributed by atoms with Crippen molar-refractivity contribution in [2.24, 2.45) is 10.2 Å². The minimum Gasteiger partial charge on any atom is -0.465 e. The molecule has 0 atom stereocenters. The van der Waals surface area contributed by atoms with Crippen molar-refractivity contribution in [1.29, 1.82) is 0 Å². The van der Waals surface area contributed by atoms with Gasteiger partial charge in [-0.15, -0.1) is 5.11 Å². The van der Waals surface area contributed by atoms with Gasteiger partial charge in [0.15, 0.2) is 0 Å². The number of azo groups is 1. The first kappa shape index (κ1) is 13.7. The lowest BCUT2D eigenvalue weighted by Gasteiger charge is -2.01. The van der Waals surface area contributed by atoms with Crippen LogP contribution in [0, 0.1) is 3.57 Å². The molecular formula is C14H11IN2O2. The van der Waals surface area contributed by atoms with E-state index in [1.807, 2.05) is 30.3 Å². The first-order chi connectivity index (χ1) is 9.20. The lowest BCUT2D eigenvalue weighted by Crippen LogP contribution is -2.00. The van der Waals surface area contributed by atoms with Crippen LogP contribution in [0.5, 0.6) is 0 Å². The van der Waals surface area contributed by atoms with Crippen molar-refractivity contribution >= 4 is 39.9 Å². The van der Waals surface area contributed by atoms with Crippen LogP contribution in [0.25, 0.3) is 0 Å². The highest BCUT2D eigenvalue weighted by Gasteiger charge is 2.07. The summed E-state index contributed by atoms with van der Waals surface area (Å²) in [5, 5.41) is 8.30. The van der Waals surface area contributed by atoms with E-state index in [-0.39, 0.29) is 5.97 Å². The molecule has 0 unspecified atom stereocenters. The second kappa shape index (κ2) is 6.42. The molecule has 2 aromatic rings. The minimum atomic E-state index is -0.357. The van der Waals surface area contributed by atoms with Gasteiger partial charge in [0.25, 0.3) is 0 Å². The standard InChI is InChI=1S/C14H11IN2O2/c1-19-14(18)10-7-8-13(12(15)9-10)17-16-11-5-3-2-4-6-11/h2-9H,1H3. The van der Waals surface area contributed by atoms with E-state index in [9.17, 15) is 4.79 Å². The van der Waals surface area contributed by atoms with Gasteiger partial charge < -0.3 is 4.74 Å². The predicted molar refractivity (Wildman–Crippen MR) is 81.1 cm³/mol. The monoisotopic (exact) mass is 366 g/mol. The first-order valence-corrected chi connectivity index (χ1v) is 6.63. The van der Waals surface area contributed by atoms with Crippen LogP contribution in [0.2, 0.25) is 0 Å². The summed E-state index contributed by atoms with van der Waals surface area (Å²) in [6.07, 6.45) is 0. The Hall–Kier alpha value is -1.76. The highest BCUT2D eigenvalue weighted by molar-refractivity contribution is 14.1. The summed E-state index contributed by atoms with van der Waals surface area (Å²) in [6, 6.07) is 14.6. The van der Waals surface area contributed by atoms with Crippen molar-refractivity contribution in [3.05, 3.63) is 57.7 Å². The number of carbonyl (C=O) groups excluding carboxylic acids is 1. The predicted octanol–water partition coefficient (Wildman–Crippen LogP) is 4.49. The maximum absolute atomic E-state index is 11.4. The second-order valence-corrected chi connectivity index (χ2v) is 4.86. The molecule has 0 bridgehead atoms. The molecule has 0 aromatic heterocycles. The fourth-order valence-electron chi connectivity index (χ4n) is 1.44. The number of benzene rings is 2. The van der Waals surface area contributed by atoms with E-state index in [4.69, 9.17) is 0 Å². The highest BCUT2D eigenvalue weighted by atomic mass is 127. The first-order valence-electron chi connectivity index (χ1n) is 5.55. The van der Waals surface area contributed by atoms with Gasteiger partial charge >= 0.3 is 5.97 Å². The summed E-state index contributed by atoms with van der Waals surface area (Å²) in [4.78, 5) is 11.4. The van der Waals surface area contributed by atoms with Crippen molar-refractivity contribution in [2.75, 3.05) is 7.11 Å². The molecule has 0 aliphatic heterocycles. The molecule has 0 N–H and O–H groups in total. The number of ether oxygens (including phenoxy) is 1. The Morgan fingerprint density at radius 2 is 1.84 bits per heavy atom. The van der Waals surface area contributed by atoms with Gasteiger partial charge in [-0.05, 0) is 52.9 Å². The third-order valence-electron chi connectivity index (χ3n) is 2.40. The minimum absolute atomic E-state index is 0.357. The molecule has 0 saturated heterocycles. The van der Waals surface area contributed by atoms with Gasteiger partial charge in [0.2, 0.25) is 0 Å². The number of nitrogens with zero attached hydrogens (tertiary/aromatic N) is 2. The summed E-state index contributed by atoms with van der Waals surface area (Å²) >= 11 is 2.12. The number of hydrogen-bond donors (Lipinski definition) is 0. The quantitative estimate of drug-likeness (QED) is 0.457. The zero-order chi connectivity index (χ0) is 13.7. The normalized spacial score (nSPS) is 10.6. The Bertz CT molecular complexity index is 612. The van der Waals surface area contributed by atoms with Gasteiger partial charge in [-0.25, -0.2) is 4.79 Å². The Morgan fingerprint density at radius 1 is 1.11 bits per heavy atom. The maximum atomic E-state index is 11.4.